The highest BCUT2D eigenvalue weighted by Gasteiger charge is 2.24. The number of nitrogens with zero attached hydrogens (tertiary/aromatic N) is 5. The molecule has 0 amide bonds. The van der Waals surface area contributed by atoms with Crippen molar-refractivity contribution in [3.63, 3.8) is 0 Å². The van der Waals surface area contributed by atoms with Gasteiger partial charge in [0, 0.05) is 61.7 Å². The van der Waals surface area contributed by atoms with Crippen molar-refractivity contribution >= 4 is 5.65 Å². The first kappa shape index (κ1) is 16.0. The van der Waals surface area contributed by atoms with Crippen molar-refractivity contribution in [3.8, 4) is 0 Å². The van der Waals surface area contributed by atoms with E-state index < -0.39 is 0 Å². The van der Waals surface area contributed by atoms with Crippen molar-refractivity contribution in [3.05, 3.63) is 50.8 Å². The van der Waals surface area contributed by atoms with Gasteiger partial charge < -0.3 is 5.11 Å². The molecule has 1 aliphatic heterocycles. The van der Waals surface area contributed by atoms with E-state index in [1.165, 1.54) is 10.2 Å². The predicted molar refractivity (Wildman–Crippen MR) is 92.2 cm³/mol. The van der Waals surface area contributed by atoms with Gasteiger partial charge in [-0.25, -0.2) is 9.50 Å². The van der Waals surface area contributed by atoms with Gasteiger partial charge in [0.25, 0.3) is 5.56 Å². The minimum absolute atomic E-state index is 0.0443. The van der Waals surface area contributed by atoms with Crippen LogP contribution in [0.1, 0.15) is 35.3 Å². The average molecular weight is 342 g/mol. The van der Waals surface area contributed by atoms with Crippen molar-refractivity contribution in [1.29, 1.82) is 0 Å². The van der Waals surface area contributed by atoms with Crippen LogP contribution in [-0.4, -0.2) is 40.9 Å². The molecular weight excluding hydrogens is 320 g/mol. The molecule has 0 spiro atoms. The first-order valence-electron chi connectivity index (χ1n) is 8.58. The Labute approximate surface area is 144 Å². The number of aromatic amines is 1. The Morgan fingerprint density at radius 2 is 2.20 bits per heavy atom. The van der Waals surface area contributed by atoms with Crippen LogP contribution in [0.4, 0.5) is 0 Å². The third-order valence-corrected chi connectivity index (χ3v) is 4.76. The van der Waals surface area contributed by atoms with Crippen molar-refractivity contribution in [2.75, 3.05) is 6.54 Å². The molecule has 8 nitrogen and oxygen atoms in total. The van der Waals surface area contributed by atoms with Gasteiger partial charge in [-0.1, -0.05) is 0 Å². The van der Waals surface area contributed by atoms with Gasteiger partial charge in [-0.15, -0.1) is 0 Å². The molecule has 3 aromatic heterocycles. The van der Waals surface area contributed by atoms with Crippen LogP contribution in [0.5, 0.6) is 0 Å². The molecule has 2 N–H and O–H groups in total. The molecule has 0 unspecified atom stereocenters. The van der Waals surface area contributed by atoms with Crippen LogP contribution >= 0.6 is 0 Å². The monoisotopic (exact) mass is 342 g/mol. The summed E-state index contributed by atoms with van der Waals surface area (Å²) in [5.74, 6) is 0. The van der Waals surface area contributed by atoms with Gasteiger partial charge in [0.1, 0.15) is 0 Å². The van der Waals surface area contributed by atoms with Crippen LogP contribution in [-0.2, 0) is 32.7 Å². The number of aliphatic hydroxyl groups is 1. The number of rotatable bonds is 4. The zero-order valence-corrected chi connectivity index (χ0v) is 14.5. The van der Waals surface area contributed by atoms with Gasteiger partial charge in [0.2, 0.25) is 0 Å². The molecule has 0 atom stereocenters. The van der Waals surface area contributed by atoms with Gasteiger partial charge >= 0.3 is 0 Å². The van der Waals surface area contributed by atoms with E-state index in [0.29, 0.717) is 12.2 Å². The summed E-state index contributed by atoms with van der Waals surface area (Å²) in [7, 11) is 0. The van der Waals surface area contributed by atoms with Gasteiger partial charge in [-0.2, -0.15) is 5.10 Å². The molecule has 132 valence electrons. The molecule has 1 aliphatic rings. The Morgan fingerprint density at radius 3 is 2.96 bits per heavy atom. The number of aryl methyl sites for hydroxylation is 2. The fraction of sp³-hybridized carbons (Fsp3) is 0.471. The van der Waals surface area contributed by atoms with E-state index in [1.54, 1.807) is 6.07 Å². The molecule has 0 radical (unpaired) electrons. The van der Waals surface area contributed by atoms with Crippen LogP contribution in [0.2, 0.25) is 0 Å². The Bertz CT molecular complexity index is 983. The summed E-state index contributed by atoms with van der Waals surface area (Å²) in [6.45, 7) is 6.95. The fourth-order valence-corrected chi connectivity index (χ4v) is 3.61. The van der Waals surface area contributed by atoms with Crippen LogP contribution in [0.25, 0.3) is 5.65 Å². The van der Waals surface area contributed by atoms with Crippen LogP contribution < -0.4 is 5.56 Å². The number of aliphatic hydroxyl groups excluding tert-OH is 1. The second-order valence-electron chi connectivity index (χ2n) is 6.52. The molecule has 0 saturated heterocycles. The van der Waals surface area contributed by atoms with Crippen molar-refractivity contribution in [2.45, 2.75) is 46.5 Å². The van der Waals surface area contributed by atoms with Gasteiger partial charge in [-0.05, 0) is 13.8 Å². The Hall–Kier alpha value is -2.45. The summed E-state index contributed by atoms with van der Waals surface area (Å²) in [6, 6.07) is 3.45. The minimum Gasteiger partial charge on any atom is -0.390 e. The van der Waals surface area contributed by atoms with E-state index >= 15 is 0 Å². The van der Waals surface area contributed by atoms with Crippen molar-refractivity contribution < 1.29 is 5.11 Å². The molecule has 0 fully saturated rings. The van der Waals surface area contributed by atoms with E-state index in [9.17, 15) is 9.90 Å². The fourth-order valence-electron chi connectivity index (χ4n) is 3.61. The summed E-state index contributed by atoms with van der Waals surface area (Å²) in [5, 5.41) is 17.1. The van der Waals surface area contributed by atoms with E-state index in [4.69, 9.17) is 0 Å². The van der Waals surface area contributed by atoms with E-state index in [0.717, 1.165) is 48.7 Å². The lowest BCUT2D eigenvalue weighted by molar-refractivity contribution is 0.233. The first-order chi connectivity index (χ1) is 12.1. The van der Waals surface area contributed by atoms with Crippen molar-refractivity contribution in [2.24, 2.45) is 0 Å². The topological polar surface area (TPSA) is 91.5 Å². The quantitative estimate of drug-likeness (QED) is 0.724. The molecule has 0 aromatic carbocycles. The van der Waals surface area contributed by atoms with E-state index in [-0.39, 0.29) is 12.2 Å². The molecule has 4 heterocycles. The summed E-state index contributed by atoms with van der Waals surface area (Å²) in [5.41, 5.74) is 5.31. The lowest BCUT2D eigenvalue weighted by Gasteiger charge is -2.27. The minimum atomic E-state index is -0.0966. The largest absolute Gasteiger partial charge is 0.390 e. The van der Waals surface area contributed by atoms with E-state index in [1.807, 2.05) is 17.7 Å². The number of fused-ring (bicyclic) bond motifs is 2. The highest BCUT2D eigenvalue weighted by Crippen LogP contribution is 2.23. The number of aromatic nitrogens is 5. The molecule has 25 heavy (non-hydrogen) atoms. The zero-order chi connectivity index (χ0) is 17.6. The number of nitrogens with one attached hydrogen (secondary N) is 1. The summed E-state index contributed by atoms with van der Waals surface area (Å²) in [6.07, 6.45) is 0.890. The van der Waals surface area contributed by atoms with Crippen LogP contribution in [0.15, 0.2) is 16.9 Å². The normalized spacial score (nSPS) is 15.0. The molecule has 3 aromatic rings. The van der Waals surface area contributed by atoms with Gasteiger partial charge in [0.05, 0.1) is 18.0 Å². The van der Waals surface area contributed by atoms with Crippen LogP contribution in [0.3, 0.4) is 0 Å². The maximum Gasteiger partial charge on any atom is 0.272 e. The zero-order valence-electron chi connectivity index (χ0n) is 14.5. The molecule has 0 saturated carbocycles. The number of H-pyrrole nitrogens is 1. The molecule has 0 aliphatic carbocycles. The highest BCUT2D eigenvalue weighted by molar-refractivity contribution is 5.39. The smallest absolute Gasteiger partial charge is 0.272 e. The molecular formula is C17H22N6O2. The van der Waals surface area contributed by atoms with Gasteiger partial charge in [-0.3, -0.25) is 19.5 Å². The van der Waals surface area contributed by atoms with Crippen molar-refractivity contribution in [1.82, 2.24) is 29.3 Å². The molecule has 0 bridgehead atoms. The standard InChI is InChI=1S/C17H22N6O2/c1-3-22-15-4-5-21(9-13(15)14(10-24)20-22)8-12-7-17(25)23-16(18-12)6-11(2)19-23/h6-7,19,24H,3-5,8-10H2,1-2H3. The summed E-state index contributed by atoms with van der Waals surface area (Å²) in [4.78, 5) is 19.1. The third-order valence-electron chi connectivity index (χ3n) is 4.76. The first-order valence-corrected chi connectivity index (χ1v) is 8.58. The average Bonchev–Trinajstić information content (AvgIpc) is 3.14. The Balaban J connectivity index is 1.60. The molecule has 4 rings (SSSR count). The van der Waals surface area contributed by atoms with Gasteiger partial charge in [0.15, 0.2) is 5.65 Å². The Kier molecular flexibility index (Phi) is 3.93. The maximum atomic E-state index is 12.2. The second-order valence-corrected chi connectivity index (χ2v) is 6.52. The SMILES string of the molecule is CCn1nc(CO)c2c1CCN(Cc1cc(=O)n3[nH]c(C)cc3n1)C2. The van der Waals surface area contributed by atoms with E-state index in [2.05, 4.69) is 27.0 Å². The third kappa shape index (κ3) is 2.77. The molecule has 8 heteroatoms. The number of hydrogen-bond acceptors (Lipinski definition) is 5. The lowest BCUT2D eigenvalue weighted by atomic mass is 10.0. The van der Waals surface area contributed by atoms with Crippen LogP contribution in [0, 0.1) is 6.92 Å². The Morgan fingerprint density at radius 1 is 1.36 bits per heavy atom. The number of hydrogen-bond donors (Lipinski definition) is 2. The lowest BCUT2D eigenvalue weighted by Crippen LogP contribution is -2.32. The predicted octanol–water partition coefficient (Wildman–Crippen LogP) is 0.598. The summed E-state index contributed by atoms with van der Waals surface area (Å²) < 4.78 is 3.44. The summed E-state index contributed by atoms with van der Waals surface area (Å²) >= 11 is 0. The maximum absolute atomic E-state index is 12.2. The highest BCUT2D eigenvalue weighted by atomic mass is 16.3. The second kappa shape index (κ2) is 6.12.